The summed E-state index contributed by atoms with van der Waals surface area (Å²) in [6.45, 7) is 6.98. The molecule has 21 heavy (non-hydrogen) atoms. The summed E-state index contributed by atoms with van der Waals surface area (Å²) in [6, 6.07) is 11.0. The molecule has 1 nitrogen and oxygen atoms in total. The number of rotatable bonds is 7. The summed E-state index contributed by atoms with van der Waals surface area (Å²) in [4.78, 5) is 1.43. The van der Waals surface area contributed by atoms with Crippen molar-refractivity contribution in [1.29, 1.82) is 0 Å². The topological polar surface area (TPSA) is 12.0 Å². The standard InChI is InChI=1S/C19H23NS/c1-4-5-9-16-15(2)8-6-10-17(16)18(12-13-20-3)19-11-7-14-21-19/h4-11,14,18,20H,1,12-13H2,2-3H3/b9-5-. The van der Waals surface area contributed by atoms with Gasteiger partial charge in [-0.1, -0.05) is 49.1 Å². The molecule has 0 fully saturated rings. The number of allylic oxidation sites excluding steroid dienone is 2. The number of hydrogen-bond acceptors (Lipinski definition) is 2. The van der Waals surface area contributed by atoms with Gasteiger partial charge in [0, 0.05) is 10.8 Å². The van der Waals surface area contributed by atoms with E-state index in [2.05, 4.69) is 60.6 Å². The number of thiophene rings is 1. The molecule has 1 aromatic heterocycles. The third kappa shape index (κ3) is 3.93. The Kier molecular flexibility index (Phi) is 5.97. The molecule has 0 amide bonds. The van der Waals surface area contributed by atoms with Crippen LogP contribution in [0.25, 0.3) is 6.08 Å². The molecule has 0 bridgehead atoms. The quantitative estimate of drug-likeness (QED) is 0.709. The van der Waals surface area contributed by atoms with Crippen molar-refractivity contribution in [3.05, 3.63) is 76.0 Å². The van der Waals surface area contributed by atoms with Crippen LogP contribution in [0.3, 0.4) is 0 Å². The molecule has 0 radical (unpaired) electrons. The highest BCUT2D eigenvalue weighted by atomic mass is 32.1. The van der Waals surface area contributed by atoms with Crippen molar-refractivity contribution in [2.75, 3.05) is 13.6 Å². The maximum Gasteiger partial charge on any atom is 0.0202 e. The lowest BCUT2D eigenvalue weighted by Crippen LogP contribution is -2.13. The van der Waals surface area contributed by atoms with Gasteiger partial charge >= 0.3 is 0 Å². The third-order valence-electron chi connectivity index (χ3n) is 3.70. The fourth-order valence-electron chi connectivity index (χ4n) is 2.63. The summed E-state index contributed by atoms with van der Waals surface area (Å²) < 4.78 is 0. The van der Waals surface area contributed by atoms with Gasteiger partial charge in [-0.15, -0.1) is 11.3 Å². The first-order chi connectivity index (χ1) is 10.3. The number of hydrogen-bond donors (Lipinski definition) is 1. The van der Waals surface area contributed by atoms with Gasteiger partial charge in [-0.05, 0) is 55.1 Å². The van der Waals surface area contributed by atoms with E-state index in [0.29, 0.717) is 5.92 Å². The monoisotopic (exact) mass is 297 g/mol. The maximum atomic E-state index is 3.78. The molecule has 2 rings (SSSR count). The van der Waals surface area contributed by atoms with Crippen molar-refractivity contribution < 1.29 is 0 Å². The predicted octanol–water partition coefficient (Wildman–Crippen LogP) is 5.00. The van der Waals surface area contributed by atoms with E-state index >= 15 is 0 Å². The Hall–Kier alpha value is -1.64. The van der Waals surface area contributed by atoms with Crippen LogP contribution in [0.15, 0.2) is 54.4 Å². The van der Waals surface area contributed by atoms with Crippen LogP contribution in [-0.2, 0) is 0 Å². The normalized spacial score (nSPS) is 12.7. The van der Waals surface area contributed by atoms with Crippen molar-refractivity contribution in [2.45, 2.75) is 19.3 Å². The van der Waals surface area contributed by atoms with E-state index in [1.54, 1.807) is 0 Å². The Morgan fingerprint density at radius 2 is 2.14 bits per heavy atom. The van der Waals surface area contributed by atoms with Gasteiger partial charge in [-0.3, -0.25) is 0 Å². The maximum absolute atomic E-state index is 3.78. The summed E-state index contributed by atoms with van der Waals surface area (Å²) in [6.07, 6.45) is 7.15. The summed E-state index contributed by atoms with van der Waals surface area (Å²) in [7, 11) is 2.01. The smallest absolute Gasteiger partial charge is 0.0202 e. The second kappa shape index (κ2) is 7.96. The van der Waals surface area contributed by atoms with Crippen molar-refractivity contribution in [1.82, 2.24) is 5.32 Å². The summed E-state index contributed by atoms with van der Waals surface area (Å²) >= 11 is 1.84. The predicted molar refractivity (Wildman–Crippen MR) is 95.1 cm³/mol. The van der Waals surface area contributed by atoms with Crippen molar-refractivity contribution in [2.24, 2.45) is 0 Å². The SMILES string of the molecule is C=C/C=C\c1c(C)cccc1C(CCNC)c1cccs1. The van der Waals surface area contributed by atoms with Crippen LogP contribution in [0.4, 0.5) is 0 Å². The Bertz CT molecular complexity index is 596. The number of nitrogens with one attached hydrogen (secondary N) is 1. The molecule has 0 saturated heterocycles. The molecular formula is C19H23NS. The van der Waals surface area contributed by atoms with Crippen LogP contribution in [0.1, 0.15) is 33.9 Å². The molecule has 1 aromatic carbocycles. The van der Waals surface area contributed by atoms with Crippen LogP contribution in [-0.4, -0.2) is 13.6 Å². The first kappa shape index (κ1) is 15.7. The highest BCUT2D eigenvalue weighted by Gasteiger charge is 2.18. The fourth-order valence-corrected chi connectivity index (χ4v) is 3.51. The van der Waals surface area contributed by atoms with Crippen molar-refractivity contribution in [3.63, 3.8) is 0 Å². The van der Waals surface area contributed by atoms with Crippen LogP contribution >= 0.6 is 11.3 Å². The zero-order chi connectivity index (χ0) is 15.1. The molecule has 0 aliphatic heterocycles. The lowest BCUT2D eigenvalue weighted by Gasteiger charge is -2.20. The Balaban J connectivity index is 2.46. The van der Waals surface area contributed by atoms with Crippen LogP contribution < -0.4 is 5.32 Å². The summed E-state index contributed by atoms with van der Waals surface area (Å²) in [5, 5.41) is 5.44. The van der Waals surface area contributed by atoms with E-state index in [-0.39, 0.29) is 0 Å². The van der Waals surface area contributed by atoms with Crippen LogP contribution in [0.2, 0.25) is 0 Å². The summed E-state index contributed by atoms with van der Waals surface area (Å²) in [5.41, 5.74) is 4.05. The molecule has 2 heteroatoms. The minimum Gasteiger partial charge on any atom is -0.320 e. The first-order valence-corrected chi connectivity index (χ1v) is 8.22. The Morgan fingerprint density at radius 3 is 2.81 bits per heavy atom. The van der Waals surface area contributed by atoms with Gasteiger partial charge in [0.25, 0.3) is 0 Å². The van der Waals surface area contributed by atoms with Gasteiger partial charge in [0.15, 0.2) is 0 Å². The molecule has 2 aromatic rings. The average molecular weight is 297 g/mol. The minimum atomic E-state index is 0.446. The fraction of sp³-hybridized carbons (Fsp3) is 0.263. The van der Waals surface area contributed by atoms with E-state index in [0.717, 1.165) is 13.0 Å². The average Bonchev–Trinajstić information content (AvgIpc) is 3.01. The van der Waals surface area contributed by atoms with Gasteiger partial charge in [0.2, 0.25) is 0 Å². The number of aryl methyl sites for hydroxylation is 1. The van der Waals surface area contributed by atoms with Crippen LogP contribution in [0, 0.1) is 6.92 Å². The van der Waals surface area contributed by atoms with Gasteiger partial charge in [0.05, 0.1) is 0 Å². The van der Waals surface area contributed by atoms with Gasteiger partial charge < -0.3 is 5.32 Å². The third-order valence-corrected chi connectivity index (χ3v) is 4.69. The van der Waals surface area contributed by atoms with E-state index < -0.39 is 0 Å². The largest absolute Gasteiger partial charge is 0.320 e. The second-order valence-electron chi connectivity index (χ2n) is 5.13. The first-order valence-electron chi connectivity index (χ1n) is 7.34. The van der Waals surface area contributed by atoms with Gasteiger partial charge in [0.1, 0.15) is 0 Å². The van der Waals surface area contributed by atoms with E-state index in [4.69, 9.17) is 0 Å². The molecule has 1 N–H and O–H groups in total. The molecule has 1 unspecified atom stereocenters. The molecule has 0 spiro atoms. The molecule has 0 saturated carbocycles. The molecule has 1 heterocycles. The van der Waals surface area contributed by atoms with Gasteiger partial charge in [-0.25, -0.2) is 0 Å². The lowest BCUT2D eigenvalue weighted by atomic mass is 9.88. The molecule has 110 valence electrons. The lowest BCUT2D eigenvalue weighted by molar-refractivity contribution is 0.667. The molecule has 0 aliphatic carbocycles. The Morgan fingerprint density at radius 1 is 1.29 bits per heavy atom. The highest BCUT2D eigenvalue weighted by Crippen LogP contribution is 2.34. The van der Waals surface area contributed by atoms with E-state index in [1.165, 1.54) is 21.6 Å². The highest BCUT2D eigenvalue weighted by molar-refractivity contribution is 7.10. The number of benzene rings is 1. The minimum absolute atomic E-state index is 0.446. The zero-order valence-electron chi connectivity index (χ0n) is 12.8. The van der Waals surface area contributed by atoms with Crippen molar-refractivity contribution in [3.8, 4) is 0 Å². The second-order valence-corrected chi connectivity index (χ2v) is 6.11. The van der Waals surface area contributed by atoms with Gasteiger partial charge in [-0.2, -0.15) is 0 Å². The van der Waals surface area contributed by atoms with E-state index in [1.807, 2.05) is 30.5 Å². The molecule has 1 atom stereocenters. The zero-order valence-corrected chi connectivity index (χ0v) is 13.6. The Labute approximate surface area is 132 Å². The van der Waals surface area contributed by atoms with Crippen LogP contribution in [0.5, 0.6) is 0 Å². The summed E-state index contributed by atoms with van der Waals surface area (Å²) in [5.74, 6) is 0.446. The molecule has 0 aliphatic rings. The van der Waals surface area contributed by atoms with E-state index in [9.17, 15) is 0 Å². The van der Waals surface area contributed by atoms with Crippen molar-refractivity contribution >= 4 is 17.4 Å². The molecular weight excluding hydrogens is 274 g/mol.